The molecule has 0 spiro atoms. The Balaban J connectivity index is 1.67. The predicted molar refractivity (Wildman–Crippen MR) is 111 cm³/mol. The monoisotopic (exact) mass is 433 g/mol. The number of thioether (sulfide) groups is 1. The summed E-state index contributed by atoms with van der Waals surface area (Å²) in [5, 5.41) is 12.3. The van der Waals surface area contributed by atoms with Gasteiger partial charge in [0.1, 0.15) is 11.6 Å². The Morgan fingerprint density at radius 1 is 1.31 bits per heavy atom. The van der Waals surface area contributed by atoms with Crippen molar-refractivity contribution in [1.82, 2.24) is 14.8 Å². The van der Waals surface area contributed by atoms with Gasteiger partial charge in [0.25, 0.3) is 0 Å². The Morgan fingerprint density at radius 2 is 2.14 bits per heavy atom. The average molecular weight is 434 g/mol. The second kappa shape index (κ2) is 9.62. The molecule has 3 aromatic rings. The summed E-state index contributed by atoms with van der Waals surface area (Å²) in [6.07, 6.45) is 2.10. The quantitative estimate of drug-likeness (QED) is 0.501. The van der Waals surface area contributed by atoms with Crippen LogP contribution in [0.2, 0.25) is 5.02 Å². The standard InChI is InChI=1S/C19H20ClN5O3S/c1-12-4-5-13(9-15(12)20)22-18(27)11-29-19-24-23-17(7-6-16(21)26)25(19)10-14-3-2-8-28-14/h2-5,8-9H,6-7,10-11H2,1H3,(H2,21,26)(H,22,27). The number of aromatic nitrogens is 3. The van der Waals surface area contributed by atoms with Crippen molar-refractivity contribution < 1.29 is 14.0 Å². The van der Waals surface area contributed by atoms with Crippen LogP contribution < -0.4 is 11.1 Å². The van der Waals surface area contributed by atoms with Crippen LogP contribution in [0, 0.1) is 6.92 Å². The number of furan rings is 1. The van der Waals surface area contributed by atoms with E-state index in [1.807, 2.05) is 23.6 Å². The van der Waals surface area contributed by atoms with Gasteiger partial charge in [-0.3, -0.25) is 14.2 Å². The maximum absolute atomic E-state index is 12.3. The lowest BCUT2D eigenvalue weighted by atomic mass is 10.2. The fraction of sp³-hybridized carbons (Fsp3) is 0.263. The first-order valence-electron chi connectivity index (χ1n) is 8.84. The molecular weight excluding hydrogens is 414 g/mol. The fourth-order valence-corrected chi connectivity index (χ4v) is 3.50. The summed E-state index contributed by atoms with van der Waals surface area (Å²) in [5.74, 6) is 0.848. The number of rotatable bonds is 9. The number of primary amides is 1. The molecule has 0 unspecified atom stereocenters. The Labute approximate surface area is 176 Å². The molecule has 10 heteroatoms. The number of amides is 2. The number of benzene rings is 1. The lowest BCUT2D eigenvalue weighted by Gasteiger charge is -2.09. The van der Waals surface area contributed by atoms with Crippen LogP contribution >= 0.6 is 23.4 Å². The summed E-state index contributed by atoms with van der Waals surface area (Å²) in [7, 11) is 0. The molecule has 1 aromatic carbocycles. The van der Waals surface area contributed by atoms with Crippen LogP contribution in [0.25, 0.3) is 0 Å². The molecule has 2 heterocycles. The van der Waals surface area contributed by atoms with Crippen molar-refractivity contribution in [2.45, 2.75) is 31.5 Å². The van der Waals surface area contributed by atoms with Gasteiger partial charge in [0, 0.05) is 23.6 Å². The minimum absolute atomic E-state index is 0.137. The molecule has 29 heavy (non-hydrogen) atoms. The third-order valence-corrected chi connectivity index (χ3v) is 5.44. The van der Waals surface area contributed by atoms with E-state index >= 15 is 0 Å². The lowest BCUT2D eigenvalue weighted by molar-refractivity contribution is -0.118. The van der Waals surface area contributed by atoms with Gasteiger partial charge in [0.15, 0.2) is 5.16 Å². The molecule has 2 amide bonds. The summed E-state index contributed by atoms with van der Waals surface area (Å²) < 4.78 is 7.22. The highest BCUT2D eigenvalue weighted by atomic mass is 35.5. The molecule has 2 aromatic heterocycles. The molecule has 8 nitrogen and oxygen atoms in total. The van der Waals surface area contributed by atoms with Crippen LogP contribution in [0.5, 0.6) is 0 Å². The summed E-state index contributed by atoms with van der Waals surface area (Å²) in [6.45, 7) is 2.29. The summed E-state index contributed by atoms with van der Waals surface area (Å²) in [5.41, 5.74) is 6.81. The van der Waals surface area contributed by atoms with Gasteiger partial charge in [-0.2, -0.15) is 0 Å². The Hall–Kier alpha value is -2.78. The molecule has 0 radical (unpaired) electrons. The number of nitrogens with two attached hydrogens (primary N) is 1. The third-order valence-electron chi connectivity index (χ3n) is 4.07. The Kier molecular flexibility index (Phi) is 6.95. The summed E-state index contributed by atoms with van der Waals surface area (Å²) in [6, 6.07) is 8.97. The van der Waals surface area contributed by atoms with Gasteiger partial charge in [0.2, 0.25) is 11.8 Å². The van der Waals surface area contributed by atoms with E-state index in [1.54, 1.807) is 24.5 Å². The Bertz CT molecular complexity index is 1000. The second-order valence-corrected chi connectivity index (χ2v) is 7.68. The SMILES string of the molecule is Cc1ccc(NC(=O)CSc2nnc(CCC(N)=O)n2Cc2ccco2)cc1Cl. The zero-order valence-corrected chi connectivity index (χ0v) is 17.3. The molecule has 0 saturated heterocycles. The first-order valence-corrected chi connectivity index (χ1v) is 10.2. The zero-order chi connectivity index (χ0) is 20.8. The third kappa shape index (κ3) is 5.85. The maximum Gasteiger partial charge on any atom is 0.234 e. The number of carbonyl (C=O) groups excluding carboxylic acids is 2. The molecule has 0 bridgehead atoms. The van der Waals surface area contributed by atoms with Crippen molar-refractivity contribution in [3.8, 4) is 0 Å². The number of halogens is 1. The van der Waals surface area contributed by atoms with Gasteiger partial charge in [0.05, 0.1) is 18.6 Å². The topological polar surface area (TPSA) is 116 Å². The van der Waals surface area contributed by atoms with E-state index in [9.17, 15) is 9.59 Å². The van der Waals surface area contributed by atoms with Gasteiger partial charge in [-0.25, -0.2) is 0 Å². The first kappa shape index (κ1) is 20.9. The summed E-state index contributed by atoms with van der Waals surface area (Å²) in [4.78, 5) is 23.4. The van der Waals surface area contributed by atoms with Gasteiger partial charge in [-0.1, -0.05) is 29.4 Å². The lowest BCUT2D eigenvalue weighted by Crippen LogP contribution is -2.16. The van der Waals surface area contributed by atoms with E-state index < -0.39 is 5.91 Å². The fourth-order valence-electron chi connectivity index (χ4n) is 2.56. The van der Waals surface area contributed by atoms with Crippen LogP contribution in [0.4, 0.5) is 5.69 Å². The molecule has 0 aliphatic heterocycles. The van der Waals surface area contributed by atoms with E-state index in [0.29, 0.717) is 40.4 Å². The van der Waals surface area contributed by atoms with Crippen molar-refractivity contribution in [3.05, 3.63) is 58.8 Å². The van der Waals surface area contributed by atoms with Crippen molar-refractivity contribution >= 4 is 40.9 Å². The molecule has 0 atom stereocenters. The van der Waals surface area contributed by atoms with Crippen molar-refractivity contribution in [2.75, 3.05) is 11.1 Å². The van der Waals surface area contributed by atoms with E-state index in [4.69, 9.17) is 21.8 Å². The molecule has 0 saturated carbocycles. The van der Waals surface area contributed by atoms with Crippen LogP contribution in [0.3, 0.4) is 0 Å². The molecule has 152 valence electrons. The van der Waals surface area contributed by atoms with Crippen LogP contribution in [-0.4, -0.2) is 32.3 Å². The van der Waals surface area contributed by atoms with Crippen molar-refractivity contribution in [3.63, 3.8) is 0 Å². The van der Waals surface area contributed by atoms with Gasteiger partial charge in [-0.05, 0) is 36.8 Å². The Morgan fingerprint density at radius 3 is 2.83 bits per heavy atom. The van der Waals surface area contributed by atoms with Crippen molar-refractivity contribution in [1.29, 1.82) is 0 Å². The molecule has 0 aliphatic rings. The van der Waals surface area contributed by atoms with Gasteiger partial charge < -0.3 is 15.5 Å². The molecular formula is C19H20ClN5O3S. The summed E-state index contributed by atoms with van der Waals surface area (Å²) >= 11 is 7.34. The van der Waals surface area contributed by atoms with Crippen LogP contribution in [0.15, 0.2) is 46.2 Å². The predicted octanol–water partition coefficient (Wildman–Crippen LogP) is 3.03. The number of hydrogen-bond acceptors (Lipinski definition) is 6. The molecule has 0 fully saturated rings. The number of nitrogens with one attached hydrogen (secondary N) is 1. The average Bonchev–Trinajstić information content (AvgIpc) is 3.32. The van der Waals surface area contributed by atoms with Crippen LogP contribution in [-0.2, 0) is 22.6 Å². The first-order chi connectivity index (χ1) is 13.9. The van der Waals surface area contributed by atoms with Gasteiger partial charge >= 0.3 is 0 Å². The maximum atomic E-state index is 12.3. The number of aryl methyl sites for hydroxylation is 2. The normalized spacial score (nSPS) is 10.8. The van der Waals surface area contributed by atoms with E-state index in [-0.39, 0.29) is 18.1 Å². The van der Waals surface area contributed by atoms with E-state index in [1.165, 1.54) is 11.8 Å². The molecule has 3 rings (SSSR count). The van der Waals surface area contributed by atoms with Crippen molar-refractivity contribution in [2.24, 2.45) is 5.73 Å². The van der Waals surface area contributed by atoms with E-state index in [2.05, 4.69) is 15.5 Å². The van der Waals surface area contributed by atoms with Crippen LogP contribution in [0.1, 0.15) is 23.6 Å². The number of hydrogen-bond donors (Lipinski definition) is 2. The van der Waals surface area contributed by atoms with Gasteiger partial charge in [-0.15, -0.1) is 10.2 Å². The number of anilines is 1. The molecule has 0 aliphatic carbocycles. The largest absolute Gasteiger partial charge is 0.467 e. The zero-order valence-electron chi connectivity index (χ0n) is 15.7. The highest BCUT2D eigenvalue weighted by Gasteiger charge is 2.16. The van der Waals surface area contributed by atoms with E-state index in [0.717, 1.165) is 5.56 Å². The highest BCUT2D eigenvalue weighted by molar-refractivity contribution is 7.99. The highest BCUT2D eigenvalue weighted by Crippen LogP contribution is 2.22. The number of carbonyl (C=O) groups is 2. The minimum atomic E-state index is -0.414. The molecule has 3 N–H and O–H groups in total. The minimum Gasteiger partial charge on any atom is -0.467 e. The second-order valence-electron chi connectivity index (χ2n) is 6.33. The smallest absolute Gasteiger partial charge is 0.234 e. The number of nitrogens with zero attached hydrogens (tertiary/aromatic N) is 3.